The molecule has 0 radical (unpaired) electrons. The molecule has 0 fully saturated rings. The van der Waals surface area contributed by atoms with Crippen molar-refractivity contribution in [3.63, 3.8) is 0 Å². The maximum Gasteiger partial charge on any atom is 0.248 e. The topological polar surface area (TPSA) is 96.4 Å². The molecule has 2 aromatic heterocycles. The molecule has 4 rings (SSSR count). The van der Waals surface area contributed by atoms with Crippen molar-refractivity contribution < 1.29 is 17.9 Å². The van der Waals surface area contributed by atoms with Crippen molar-refractivity contribution in [3.05, 3.63) is 59.5 Å². The molecule has 9 heteroatoms. The Hall–Kier alpha value is -2.88. The van der Waals surface area contributed by atoms with Crippen molar-refractivity contribution in [1.82, 2.24) is 9.78 Å². The maximum absolute atomic E-state index is 12.0. The van der Waals surface area contributed by atoms with Crippen LogP contribution in [0.2, 0.25) is 0 Å². The number of sulfonamides is 1. The fraction of sp³-hybridized carbons (Fsp3) is 0.150. The Morgan fingerprint density at radius 2 is 1.83 bits per heavy atom. The second-order valence-corrected chi connectivity index (χ2v) is 9.05. The molecular formula is C20H19N3O4S2. The van der Waals surface area contributed by atoms with E-state index >= 15 is 0 Å². The van der Waals surface area contributed by atoms with Crippen LogP contribution >= 0.6 is 11.3 Å². The SMILES string of the molecule is COc1ccc(Cn2nc(-c3ccsc3S(N)(=O)=O)c3c(OC)cccc32)cc1. The van der Waals surface area contributed by atoms with Gasteiger partial charge in [-0.3, -0.25) is 4.68 Å². The summed E-state index contributed by atoms with van der Waals surface area (Å²) < 4.78 is 36.8. The number of primary sulfonamides is 1. The van der Waals surface area contributed by atoms with Crippen molar-refractivity contribution >= 4 is 32.3 Å². The molecule has 29 heavy (non-hydrogen) atoms. The normalized spacial score (nSPS) is 11.7. The van der Waals surface area contributed by atoms with E-state index in [4.69, 9.17) is 19.7 Å². The highest BCUT2D eigenvalue weighted by Gasteiger charge is 2.24. The Kier molecular flexibility index (Phi) is 5.03. The molecule has 2 aromatic carbocycles. The third-order valence-electron chi connectivity index (χ3n) is 4.59. The zero-order valence-electron chi connectivity index (χ0n) is 15.8. The lowest BCUT2D eigenvalue weighted by Crippen LogP contribution is -2.11. The number of nitrogens with two attached hydrogens (primary N) is 1. The molecule has 7 nitrogen and oxygen atoms in total. The summed E-state index contributed by atoms with van der Waals surface area (Å²) in [4.78, 5) is 0. The van der Waals surface area contributed by atoms with Crippen LogP contribution in [0.25, 0.3) is 22.2 Å². The fourth-order valence-corrected chi connectivity index (χ4v) is 5.07. The highest BCUT2D eigenvalue weighted by Crippen LogP contribution is 2.39. The third-order valence-corrected chi connectivity index (χ3v) is 7.02. The predicted molar refractivity (Wildman–Crippen MR) is 113 cm³/mol. The molecule has 0 bridgehead atoms. The van der Waals surface area contributed by atoms with Gasteiger partial charge in [0.2, 0.25) is 10.0 Å². The van der Waals surface area contributed by atoms with E-state index in [0.29, 0.717) is 23.6 Å². The second kappa shape index (κ2) is 7.51. The molecule has 0 aliphatic carbocycles. The number of aromatic nitrogens is 2. The van der Waals surface area contributed by atoms with E-state index in [1.165, 1.54) is 0 Å². The minimum Gasteiger partial charge on any atom is -0.497 e. The first-order valence-electron chi connectivity index (χ1n) is 8.69. The van der Waals surface area contributed by atoms with Gasteiger partial charge in [0, 0.05) is 5.56 Å². The van der Waals surface area contributed by atoms with Gasteiger partial charge in [0.25, 0.3) is 0 Å². The monoisotopic (exact) mass is 429 g/mol. The first-order valence-corrected chi connectivity index (χ1v) is 11.1. The minimum absolute atomic E-state index is 0.0828. The largest absolute Gasteiger partial charge is 0.497 e. The van der Waals surface area contributed by atoms with Crippen molar-refractivity contribution in [3.8, 4) is 22.8 Å². The number of thiophene rings is 1. The standard InChI is InChI=1S/C20H19N3O4S2/c1-26-14-8-6-13(7-9-14)12-23-16-4-3-5-17(27-2)18(16)19(22-23)15-10-11-28-20(15)29(21,24)25/h3-11H,12H2,1-2H3,(H2,21,24,25). The van der Waals surface area contributed by atoms with Gasteiger partial charge in [-0.2, -0.15) is 5.10 Å². The molecule has 4 aromatic rings. The molecule has 0 atom stereocenters. The average molecular weight is 430 g/mol. The van der Waals surface area contributed by atoms with E-state index in [0.717, 1.165) is 33.6 Å². The molecule has 2 N–H and O–H groups in total. The van der Waals surface area contributed by atoms with E-state index in [1.807, 2.05) is 47.1 Å². The van der Waals surface area contributed by atoms with Crippen LogP contribution in [0.15, 0.2) is 58.1 Å². The van der Waals surface area contributed by atoms with E-state index < -0.39 is 10.0 Å². The zero-order valence-corrected chi connectivity index (χ0v) is 17.5. The number of rotatable bonds is 6. The smallest absolute Gasteiger partial charge is 0.248 e. The minimum atomic E-state index is -3.87. The molecule has 150 valence electrons. The Labute approximate surface area is 172 Å². The lowest BCUT2D eigenvalue weighted by atomic mass is 10.1. The van der Waals surface area contributed by atoms with Gasteiger partial charge in [0.1, 0.15) is 21.4 Å². The van der Waals surface area contributed by atoms with Crippen molar-refractivity contribution in [1.29, 1.82) is 0 Å². The van der Waals surface area contributed by atoms with Gasteiger partial charge in [-0.25, -0.2) is 13.6 Å². The van der Waals surface area contributed by atoms with Crippen LogP contribution in [-0.2, 0) is 16.6 Å². The summed E-state index contributed by atoms with van der Waals surface area (Å²) in [5.41, 5.74) is 2.86. The van der Waals surface area contributed by atoms with Gasteiger partial charge in [-0.05, 0) is 41.3 Å². The summed E-state index contributed by atoms with van der Waals surface area (Å²) in [5.74, 6) is 1.39. The van der Waals surface area contributed by atoms with Crippen LogP contribution in [0.5, 0.6) is 11.5 Å². The number of hydrogen-bond acceptors (Lipinski definition) is 6. The zero-order chi connectivity index (χ0) is 20.6. The first kappa shape index (κ1) is 19.4. The van der Waals surface area contributed by atoms with Crippen LogP contribution in [-0.4, -0.2) is 32.4 Å². The van der Waals surface area contributed by atoms with Crippen molar-refractivity contribution in [2.75, 3.05) is 14.2 Å². The van der Waals surface area contributed by atoms with Crippen LogP contribution in [0.3, 0.4) is 0 Å². The maximum atomic E-state index is 12.0. The van der Waals surface area contributed by atoms with Gasteiger partial charge in [0.05, 0.1) is 31.7 Å². The highest BCUT2D eigenvalue weighted by atomic mass is 32.2. The summed E-state index contributed by atoms with van der Waals surface area (Å²) in [5, 5.41) is 12.6. The quantitative estimate of drug-likeness (QED) is 0.506. The number of nitrogens with zero attached hydrogens (tertiary/aromatic N) is 2. The number of fused-ring (bicyclic) bond motifs is 1. The third kappa shape index (κ3) is 3.59. The number of ether oxygens (including phenoxy) is 2. The molecule has 0 amide bonds. The fourth-order valence-electron chi connectivity index (χ4n) is 3.27. The van der Waals surface area contributed by atoms with Crippen molar-refractivity contribution in [2.45, 2.75) is 10.8 Å². The summed E-state index contributed by atoms with van der Waals surface area (Å²) in [6.07, 6.45) is 0. The number of benzene rings is 2. The Morgan fingerprint density at radius 1 is 1.07 bits per heavy atom. The number of hydrogen-bond donors (Lipinski definition) is 1. The van der Waals surface area contributed by atoms with Crippen LogP contribution < -0.4 is 14.6 Å². The molecule has 0 saturated carbocycles. The Morgan fingerprint density at radius 3 is 2.48 bits per heavy atom. The predicted octanol–water partition coefficient (Wildman–Crippen LogP) is 3.48. The van der Waals surface area contributed by atoms with Gasteiger partial charge in [0.15, 0.2) is 0 Å². The summed E-state index contributed by atoms with van der Waals surface area (Å²) >= 11 is 1.07. The number of methoxy groups -OCH3 is 2. The summed E-state index contributed by atoms with van der Waals surface area (Å²) in [6, 6.07) is 15.1. The first-order chi connectivity index (χ1) is 13.9. The average Bonchev–Trinajstić information content (AvgIpc) is 3.33. The molecule has 2 heterocycles. The van der Waals surface area contributed by atoms with Crippen LogP contribution in [0, 0.1) is 0 Å². The van der Waals surface area contributed by atoms with E-state index in [9.17, 15) is 8.42 Å². The lowest BCUT2D eigenvalue weighted by Gasteiger charge is -2.06. The lowest BCUT2D eigenvalue weighted by molar-refractivity contribution is 0.414. The van der Waals surface area contributed by atoms with Gasteiger partial charge >= 0.3 is 0 Å². The Balaban J connectivity index is 1.90. The second-order valence-electron chi connectivity index (χ2n) is 6.38. The van der Waals surface area contributed by atoms with Gasteiger partial charge in [-0.1, -0.05) is 18.2 Å². The summed E-state index contributed by atoms with van der Waals surface area (Å²) in [7, 11) is -0.669. The van der Waals surface area contributed by atoms with Crippen LogP contribution in [0.4, 0.5) is 0 Å². The van der Waals surface area contributed by atoms with E-state index in [-0.39, 0.29) is 4.21 Å². The molecule has 0 saturated heterocycles. The molecule has 0 aliphatic rings. The molecule has 0 spiro atoms. The van der Waals surface area contributed by atoms with Gasteiger partial charge < -0.3 is 9.47 Å². The van der Waals surface area contributed by atoms with E-state index in [2.05, 4.69) is 0 Å². The summed E-state index contributed by atoms with van der Waals surface area (Å²) in [6.45, 7) is 0.502. The highest BCUT2D eigenvalue weighted by molar-refractivity contribution is 7.91. The van der Waals surface area contributed by atoms with Crippen molar-refractivity contribution in [2.24, 2.45) is 5.14 Å². The Bertz CT molecular complexity index is 1280. The van der Waals surface area contributed by atoms with E-state index in [1.54, 1.807) is 25.7 Å². The molecular weight excluding hydrogens is 410 g/mol. The molecule has 0 aliphatic heterocycles. The van der Waals surface area contributed by atoms with Gasteiger partial charge in [-0.15, -0.1) is 11.3 Å². The van der Waals surface area contributed by atoms with Crippen LogP contribution in [0.1, 0.15) is 5.56 Å². The molecule has 0 unspecified atom stereocenters.